The maximum absolute atomic E-state index is 11.6. The number of urea groups is 1. The van der Waals surface area contributed by atoms with Crippen LogP contribution >= 0.6 is 0 Å². The number of carbonyl (C=O) groups is 3. The fourth-order valence-electron chi connectivity index (χ4n) is 1.75. The molecule has 8 heteroatoms. The van der Waals surface area contributed by atoms with Crippen molar-refractivity contribution in [3.8, 4) is 5.75 Å². The van der Waals surface area contributed by atoms with Gasteiger partial charge in [0.1, 0.15) is 11.8 Å². The van der Waals surface area contributed by atoms with Crippen molar-refractivity contribution in [3.63, 3.8) is 0 Å². The molecule has 1 atom stereocenters. The zero-order valence-corrected chi connectivity index (χ0v) is 14.3. The topological polar surface area (TPSA) is 123 Å². The van der Waals surface area contributed by atoms with E-state index in [1.807, 2.05) is 12.1 Å². The molecule has 24 heavy (non-hydrogen) atoms. The first-order chi connectivity index (χ1) is 11.1. The fraction of sp³-hybridized carbons (Fsp3) is 0.438. The molecule has 8 nitrogen and oxygen atoms in total. The summed E-state index contributed by atoms with van der Waals surface area (Å²) in [6.45, 7) is 7.49. The lowest BCUT2D eigenvalue weighted by molar-refractivity contribution is -0.130. The predicted molar refractivity (Wildman–Crippen MR) is 89.1 cm³/mol. The van der Waals surface area contributed by atoms with Gasteiger partial charge in [-0.15, -0.1) is 0 Å². The van der Waals surface area contributed by atoms with Crippen LogP contribution < -0.4 is 26.6 Å². The molecule has 1 aromatic rings. The van der Waals surface area contributed by atoms with Gasteiger partial charge in [-0.05, 0) is 30.0 Å². The number of hydrogen-bond donors (Lipinski definition) is 4. The monoisotopic (exact) mass is 336 g/mol. The van der Waals surface area contributed by atoms with Crippen LogP contribution in [0.1, 0.15) is 33.3 Å². The van der Waals surface area contributed by atoms with Crippen molar-refractivity contribution in [1.29, 1.82) is 0 Å². The van der Waals surface area contributed by atoms with Gasteiger partial charge in [-0.25, -0.2) is 4.79 Å². The Morgan fingerprint density at radius 3 is 2.21 bits per heavy atom. The second kappa shape index (κ2) is 8.19. The van der Waals surface area contributed by atoms with E-state index in [1.54, 1.807) is 12.1 Å². The molecule has 0 fully saturated rings. The Morgan fingerprint density at radius 2 is 1.71 bits per heavy atom. The van der Waals surface area contributed by atoms with Crippen LogP contribution in [0.2, 0.25) is 0 Å². The van der Waals surface area contributed by atoms with Crippen molar-refractivity contribution in [2.24, 2.45) is 5.73 Å². The van der Waals surface area contributed by atoms with Crippen LogP contribution in [0.15, 0.2) is 24.3 Å². The number of amides is 4. The number of ether oxygens (including phenoxy) is 1. The zero-order chi connectivity index (χ0) is 18.3. The molecule has 0 unspecified atom stereocenters. The van der Waals surface area contributed by atoms with Gasteiger partial charge >= 0.3 is 6.03 Å². The summed E-state index contributed by atoms with van der Waals surface area (Å²) in [5, 5.41) is 2.19. The molecule has 5 N–H and O–H groups in total. The van der Waals surface area contributed by atoms with Gasteiger partial charge in [-0.3, -0.25) is 20.4 Å². The highest BCUT2D eigenvalue weighted by atomic mass is 16.5. The first-order valence-electron chi connectivity index (χ1n) is 7.47. The molecule has 1 rings (SSSR count). The number of benzene rings is 1. The van der Waals surface area contributed by atoms with Crippen LogP contribution in [0.3, 0.4) is 0 Å². The highest BCUT2D eigenvalue weighted by Gasteiger charge is 2.15. The number of carbonyl (C=O) groups excluding carboxylic acids is 3. The number of rotatable bonds is 5. The fourth-order valence-corrected chi connectivity index (χ4v) is 1.75. The van der Waals surface area contributed by atoms with E-state index in [0.717, 1.165) is 5.56 Å². The molecule has 0 aliphatic rings. The third kappa shape index (κ3) is 6.55. The minimum atomic E-state index is -0.867. The summed E-state index contributed by atoms with van der Waals surface area (Å²) in [4.78, 5) is 33.8. The Hall–Kier alpha value is -2.77. The highest BCUT2D eigenvalue weighted by Crippen LogP contribution is 2.24. The average molecular weight is 336 g/mol. The van der Waals surface area contributed by atoms with E-state index >= 15 is 0 Å². The Bertz CT molecular complexity index is 593. The summed E-state index contributed by atoms with van der Waals surface area (Å²) in [6, 6.07) is 5.74. The van der Waals surface area contributed by atoms with Crippen LogP contribution in [-0.4, -0.2) is 30.5 Å². The molecular formula is C16H24N4O4. The summed E-state index contributed by atoms with van der Waals surface area (Å²) >= 11 is 0. The van der Waals surface area contributed by atoms with Gasteiger partial charge < -0.3 is 15.8 Å². The zero-order valence-electron chi connectivity index (χ0n) is 14.3. The molecule has 1 aromatic carbocycles. The van der Waals surface area contributed by atoms with E-state index in [2.05, 4.69) is 36.9 Å². The normalized spacial score (nSPS) is 12.0. The van der Waals surface area contributed by atoms with Crippen molar-refractivity contribution in [3.05, 3.63) is 29.8 Å². The first kappa shape index (κ1) is 19.3. The summed E-state index contributed by atoms with van der Waals surface area (Å²) in [5.74, 6) is -0.584. The Balaban J connectivity index is 2.38. The molecule has 0 heterocycles. The molecule has 0 saturated carbocycles. The maximum Gasteiger partial charge on any atom is 0.312 e. The van der Waals surface area contributed by atoms with Crippen molar-refractivity contribution in [2.75, 3.05) is 6.61 Å². The lowest BCUT2D eigenvalue weighted by atomic mass is 9.87. The minimum Gasteiger partial charge on any atom is -0.484 e. The Labute approximate surface area is 141 Å². The quantitative estimate of drug-likeness (QED) is 0.587. The van der Waals surface area contributed by atoms with Crippen molar-refractivity contribution < 1.29 is 19.1 Å². The summed E-state index contributed by atoms with van der Waals surface area (Å²) < 4.78 is 5.34. The van der Waals surface area contributed by atoms with Crippen molar-refractivity contribution >= 4 is 17.8 Å². The molecule has 0 bridgehead atoms. The standard InChI is InChI=1S/C16H24N4O4/c1-10(18-15(17)23)14(22)20-19-13(21)9-24-12-7-5-11(6-8-12)16(2,3)4/h5-8,10H,9H2,1-4H3,(H,19,21)(H,20,22)(H3,17,18,23)/t10-/m1/s1. The van der Waals surface area contributed by atoms with E-state index in [0.29, 0.717) is 5.75 Å². The van der Waals surface area contributed by atoms with Gasteiger partial charge in [-0.2, -0.15) is 0 Å². The smallest absolute Gasteiger partial charge is 0.312 e. The number of primary amides is 1. The highest BCUT2D eigenvalue weighted by molar-refractivity contribution is 5.88. The number of nitrogens with one attached hydrogen (secondary N) is 3. The van der Waals surface area contributed by atoms with E-state index in [4.69, 9.17) is 10.5 Å². The third-order valence-corrected chi connectivity index (χ3v) is 3.17. The van der Waals surface area contributed by atoms with Gasteiger partial charge in [0.15, 0.2) is 6.61 Å². The second-order valence-electron chi connectivity index (χ2n) is 6.33. The van der Waals surface area contributed by atoms with Gasteiger partial charge in [0.05, 0.1) is 0 Å². The largest absolute Gasteiger partial charge is 0.484 e. The van der Waals surface area contributed by atoms with Crippen molar-refractivity contribution in [1.82, 2.24) is 16.2 Å². The van der Waals surface area contributed by atoms with Gasteiger partial charge in [-0.1, -0.05) is 32.9 Å². The Morgan fingerprint density at radius 1 is 1.12 bits per heavy atom. The predicted octanol–water partition coefficient (Wildman–Crippen LogP) is 0.567. The first-order valence-corrected chi connectivity index (χ1v) is 7.47. The van der Waals surface area contributed by atoms with E-state index in [-0.39, 0.29) is 12.0 Å². The van der Waals surface area contributed by atoms with Gasteiger partial charge in [0, 0.05) is 0 Å². The average Bonchev–Trinajstić information content (AvgIpc) is 2.49. The lowest BCUT2D eigenvalue weighted by Gasteiger charge is -2.19. The third-order valence-electron chi connectivity index (χ3n) is 3.17. The van der Waals surface area contributed by atoms with Crippen LogP contribution in [0.4, 0.5) is 4.79 Å². The summed E-state index contributed by atoms with van der Waals surface area (Å²) in [7, 11) is 0. The molecule has 0 spiro atoms. The van der Waals surface area contributed by atoms with Crippen LogP contribution in [0.5, 0.6) is 5.75 Å². The Kier molecular flexibility index (Phi) is 6.58. The maximum atomic E-state index is 11.6. The van der Waals surface area contributed by atoms with Crippen molar-refractivity contribution in [2.45, 2.75) is 39.2 Å². The number of hydrazine groups is 1. The van der Waals surface area contributed by atoms with Gasteiger partial charge in [0.25, 0.3) is 11.8 Å². The van der Waals surface area contributed by atoms with E-state index < -0.39 is 23.9 Å². The second-order valence-corrected chi connectivity index (χ2v) is 6.33. The number of hydrogen-bond acceptors (Lipinski definition) is 4. The van der Waals surface area contributed by atoms with Gasteiger partial charge in [0.2, 0.25) is 0 Å². The lowest BCUT2D eigenvalue weighted by Crippen LogP contribution is -2.52. The molecular weight excluding hydrogens is 312 g/mol. The molecule has 0 saturated heterocycles. The molecule has 0 aliphatic carbocycles. The molecule has 0 aliphatic heterocycles. The van der Waals surface area contributed by atoms with Crippen LogP contribution in [-0.2, 0) is 15.0 Å². The van der Waals surface area contributed by atoms with E-state index in [1.165, 1.54) is 6.92 Å². The SMILES string of the molecule is C[C@@H](NC(N)=O)C(=O)NNC(=O)COc1ccc(C(C)(C)C)cc1. The van der Waals surface area contributed by atoms with Crippen LogP contribution in [0.25, 0.3) is 0 Å². The molecule has 4 amide bonds. The summed E-state index contributed by atoms with van der Waals surface area (Å²) in [5.41, 5.74) is 10.4. The molecule has 132 valence electrons. The molecule has 0 aromatic heterocycles. The summed E-state index contributed by atoms with van der Waals surface area (Å²) in [6.07, 6.45) is 0. The molecule has 0 radical (unpaired) electrons. The number of nitrogens with two attached hydrogens (primary N) is 1. The van der Waals surface area contributed by atoms with Crippen LogP contribution in [0, 0.1) is 0 Å². The van der Waals surface area contributed by atoms with E-state index in [9.17, 15) is 14.4 Å². The minimum absolute atomic E-state index is 0.0375.